The molecule has 0 atom stereocenters. The first-order valence-corrected chi connectivity index (χ1v) is 7.29. The van der Waals surface area contributed by atoms with Gasteiger partial charge in [0.1, 0.15) is 10.7 Å². The Balaban J connectivity index is 2.18. The van der Waals surface area contributed by atoms with Crippen LogP contribution in [0, 0.1) is 0 Å². The van der Waals surface area contributed by atoms with Gasteiger partial charge in [-0.05, 0) is 6.07 Å². The zero-order valence-electron chi connectivity index (χ0n) is 9.04. The van der Waals surface area contributed by atoms with Crippen molar-refractivity contribution in [2.75, 3.05) is 29.5 Å². The van der Waals surface area contributed by atoms with Crippen LogP contribution in [0.1, 0.15) is 5.69 Å². The Labute approximate surface area is 105 Å². The van der Waals surface area contributed by atoms with Crippen LogP contribution >= 0.6 is 12.2 Å². The van der Waals surface area contributed by atoms with Crippen molar-refractivity contribution in [2.45, 2.75) is 0 Å². The number of thiocarbonyl (C=S) groups is 1. The second kappa shape index (κ2) is 4.53. The molecule has 0 amide bonds. The highest BCUT2D eigenvalue weighted by atomic mass is 32.2. The average Bonchev–Trinajstić information content (AvgIpc) is 2.29. The number of aromatic nitrogens is 2. The number of sulfone groups is 1. The Kier molecular flexibility index (Phi) is 3.25. The van der Waals surface area contributed by atoms with Gasteiger partial charge in [-0.3, -0.25) is 0 Å². The lowest BCUT2D eigenvalue weighted by Gasteiger charge is -2.26. The molecule has 0 aliphatic carbocycles. The van der Waals surface area contributed by atoms with Gasteiger partial charge in [-0.1, -0.05) is 12.2 Å². The van der Waals surface area contributed by atoms with E-state index >= 15 is 0 Å². The van der Waals surface area contributed by atoms with Crippen molar-refractivity contribution in [3.05, 3.63) is 18.0 Å². The van der Waals surface area contributed by atoms with Gasteiger partial charge in [0.05, 0.1) is 11.5 Å². The van der Waals surface area contributed by atoms with Crippen LogP contribution in [0.25, 0.3) is 0 Å². The predicted molar refractivity (Wildman–Crippen MR) is 68.8 cm³/mol. The van der Waals surface area contributed by atoms with Gasteiger partial charge in [0.15, 0.2) is 9.84 Å². The predicted octanol–water partition coefficient (Wildman–Crippen LogP) is -0.654. The summed E-state index contributed by atoms with van der Waals surface area (Å²) in [4.78, 5) is 10.3. The Morgan fingerprint density at radius 2 is 2.06 bits per heavy atom. The molecule has 0 saturated carbocycles. The van der Waals surface area contributed by atoms with Crippen molar-refractivity contribution in [1.29, 1.82) is 0 Å². The molecule has 0 bridgehead atoms. The molecule has 0 unspecified atom stereocenters. The topological polar surface area (TPSA) is 89.2 Å². The molecule has 1 aliphatic heterocycles. The fraction of sp³-hybridized carbons (Fsp3) is 0.444. The molecule has 92 valence electrons. The highest BCUT2D eigenvalue weighted by Crippen LogP contribution is 2.12. The molecule has 17 heavy (non-hydrogen) atoms. The highest BCUT2D eigenvalue weighted by Gasteiger charge is 2.23. The van der Waals surface area contributed by atoms with E-state index in [2.05, 4.69) is 9.97 Å². The Bertz CT molecular complexity index is 530. The van der Waals surface area contributed by atoms with E-state index in [1.807, 2.05) is 4.90 Å². The highest BCUT2D eigenvalue weighted by molar-refractivity contribution is 7.91. The van der Waals surface area contributed by atoms with Crippen LogP contribution in [0.2, 0.25) is 0 Å². The van der Waals surface area contributed by atoms with E-state index in [-0.39, 0.29) is 16.5 Å². The van der Waals surface area contributed by atoms with E-state index in [1.54, 1.807) is 12.3 Å². The lowest BCUT2D eigenvalue weighted by molar-refractivity contribution is 0.585. The van der Waals surface area contributed by atoms with Crippen molar-refractivity contribution in [2.24, 2.45) is 5.73 Å². The lowest BCUT2D eigenvalue weighted by Crippen LogP contribution is -2.41. The largest absolute Gasteiger partial charge is 0.388 e. The molecule has 1 aromatic heterocycles. The number of nitrogens with two attached hydrogens (primary N) is 1. The van der Waals surface area contributed by atoms with Crippen LogP contribution < -0.4 is 10.6 Å². The molecule has 1 saturated heterocycles. The molecule has 2 heterocycles. The van der Waals surface area contributed by atoms with E-state index in [4.69, 9.17) is 18.0 Å². The molecule has 1 aromatic rings. The monoisotopic (exact) mass is 272 g/mol. The number of nitrogens with zero attached hydrogens (tertiary/aromatic N) is 3. The molecular formula is C9H12N4O2S2. The van der Waals surface area contributed by atoms with E-state index in [0.717, 1.165) is 0 Å². The quantitative estimate of drug-likeness (QED) is 0.715. The number of rotatable bonds is 2. The summed E-state index contributed by atoms with van der Waals surface area (Å²) in [6, 6.07) is 1.63. The maximum Gasteiger partial charge on any atom is 0.225 e. The van der Waals surface area contributed by atoms with Crippen LogP contribution in [0.3, 0.4) is 0 Å². The number of anilines is 1. The number of hydrogen-bond donors (Lipinski definition) is 1. The summed E-state index contributed by atoms with van der Waals surface area (Å²) in [5.41, 5.74) is 5.98. The van der Waals surface area contributed by atoms with Gasteiger partial charge in [0, 0.05) is 19.3 Å². The first-order chi connectivity index (χ1) is 7.98. The summed E-state index contributed by atoms with van der Waals surface area (Å²) in [6.07, 6.45) is 1.57. The second-order valence-electron chi connectivity index (χ2n) is 3.74. The Hall–Kier alpha value is -1.28. The molecule has 8 heteroatoms. The summed E-state index contributed by atoms with van der Waals surface area (Å²) in [7, 11) is -2.90. The minimum Gasteiger partial charge on any atom is -0.388 e. The summed E-state index contributed by atoms with van der Waals surface area (Å²) >= 11 is 4.83. The molecule has 0 radical (unpaired) electrons. The van der Waals surface area contributed by atoms with Gasteiger partial charge in [-0.2, -0.15) is 0 Å². The van der Waals surface area contributed by atoms with Gasteiger partial charge in [-0.15, -0.1) is 0 Å². The third kappa shape index (κ3) is 2.89. The summed E-state index contributed by atoms with van der Waals surface area (Å²) < 4.78 is 22.6. The first-order valence-electron chi connectivity index (χ1n) is 5.06. The molecule has 1 aliphatic rings. The average molecular weight is 272 g/mol. The Morgan fingerprint density at radius 3 is 2.65 bits per heavy atom. The van der Waals surface area contributed by atoms with E-state index in [9.17, 15) is 8.42 Å². The molecule has 0 spiro atoms. The molecule has 6 nitrogen and oxygen atoms in total. The molecule has 0 aromatic carbocycles. The van der Waals surface area contributed by atoms with Gasteiger partial charge in [-0.25, -0.2) is 18.4 Å². The molecule has 2 N–H and O–H groups in total. The maximum atomic E-state index is 11.3. The van der Waals surface area contributed by atoms with E-state index < -0.39 is 9.84 Å². The van der Waals surface area contributed by atoms with Crippen LogP contribution in [0.15, 0.2) is 12.3 Å². The Morgan fingerprint density at radius 1 is 1.41 bits per heavy atom. The summed E-state index contributed by atoms with van der Waals surface area (Å²) in [5, 5.41) is 0. The zero-order valence-corrected chi connectivity index (χ0v) is 10.7. The van der Waals surface area contributed by atoms with E-state index in [0.29, 0.717) is 24.7 Å². The van der Waals surface area contributed by atoms with Crippen LogP contribution in [0.4, 0.5) is 5.95 Å². The van der Waals surface area contributed by atoms with Crippen molar-refractivity contribution < 1.29 is 8.42 Å². The van der Waals surface area contributed by atoms with Gasteiger partial charge < -0.3 is 10.6 Å². The number of hydrogen-bond acceptors (Lipinski definition) is 6. The molecule has 1 fully saturated rings. The smallest absolute Gasteiger partial charge is 0.225 e. The minimum absolute atomic E-state index is 0.133. The van der Waals surface area contributed by atoms with Crippen LogP contribution in [-0.4, -0.2) is 48.0 Å². The normalized spacial score (nSPS) is 18.9. The van der Waals surface area contributed by atoms with Crippen molar-refractivity contribution in [3.63, 3.8) is 0 Å². The molecule has 2 rings (SSSR count). The fourth-order valence-corrected chi connectivity index (χ4v) is 2.87. The standard InChI is InChI=1S/C9H12N4O2S2/c10-8(16)7-1-2-11-9(12-7)13-3-5-17(14,15)6-4-13/h1-2H,3-6H2,(H2,10,16). The lowest BCUT2D eigenvalue weighted by atomic mass is 10.4. The summed E-state index contributed by atoms with van der Waals surface area (Å²) in [5.74, 6) is 0.742. The first kappa shape index (κ1) is 12.2. The van der Waals surface area contributed by atoms with Gasteiger partial charge >= 0.3 is 0 Å². The maximum absolute atomic E-state index is 11.3. The fourth-order valence-electron chi connectivity index (χ4n) is 1.55. The van der Waals surface area contributed by atoms with E-state index in [1.165, 1.54) is 0 Å². The third-order valence-electron chi connectivity index (χ3n) is 2.52. The SMILES string of the molecule is NC(=S)c1ccnc(N2CCS(=O)(=O)CC2)n1. The van der Waals surface area contributed by atoms with Crippen molar-refractivity contribution in [1.82, 2.24) is 9.97 Å². The van der Waals surface area contributed by atoms with Crippen molar-refractivity contribution >= 4 is 33.0 Å². The second-order valence-corrected chi connectivity index (χ2v) is 6.49. The van der Waals surface area contributed by atoms with Crippen LogP contribution in [-0.2, 0) is 9.84 Å². The zero-order chi connectivity index (χ0) is 12.5. The van der Waals surface area contributed by atoms with Gasteiger partial charge in [0.2, 0.25) is 5.95 Å². The van der Waals surface area contributed by atoms with Crippen LogP contribution in [0.5, 0.6) is 0 Å². The van der Waals surface area contributed by atoms with Gasteiger partial charge in [0.25, 0.3) is 0 Å². The third-order valence-corrected chi connectivity index (χ3v) is 4.34. The van der Waals surface area contributed by atoms with Crippen molar-refractivity contribution in [3.8, 4) is 0 Å². The minimum atomic E-state index is -2.90. The molecular weight excluding hydrogens is 260 g/mol. The summed E-state index contributed by atoms with van der Waals surface area (Å²) in [6.45, 7) is 0.812.